The summed E-state index contributed by atoms with van der Waals surface area (Å²) in [5.41, 5.74) is 14.8. The fourth-order valence-corrected chi connectivity index (χ4v) is 13.8. The summed E-state index contributed by atoms with van der Waals surface area (Å²) in [6.07, 6.45) is 6.90. The number of benzene rings is 9. The molecular weight excluding hydrogens is 831 g/mol. The number of nitrogens with zero attached hydrogens (tertiary/aromatic N) is 1. The monoisotopic (exact) mass is 869 g/mol. The van der Waals surface area contributed by atoms with Gasteiger partial charge < -0.3 is 4.90 Å². The number of anilines is 3. The largest absolute Gasteiger partial charge is 0.311 e. The third-order valence-electron chi connectivity index (χ3n) is 13.0. The Morgan fingerprint density at radius 3 is 1.30 bits per heavy atom. The van der Waals surface area contributed by atoms with Gasteiger partial charge in [-0.1, -0.05) is 170 Å². The van der Waals surface area contributed by atoms with E-state index in [1.54, 1.807) is 0 Å². The van der Waals surface area contributed by atoms with Gasteiger partial charge in [0.2, 0.25) is 0 Å². The molecule has 0 spiro atoms. The summed E-state index contributed by atoms with van der Waals surface area (Å²) in [7, 11) is 0. The average Bonchev–Trinajstić information content (AvgIpc) is 4.07. The van der Waals surface area contributed by atoms with Crippen LogP contribution < -0.4 is 4.90 Å². The van der Waals surface area contributed by atoms with Crippen molar-refractivity contribution in [2.45, 2.75) is 12.8 Å². The number of aryl methyl sites for hydroxylation is 1. The standard InChI is InChI=1S/C60H39NS3/c1-2-12-38(13-3-1)45-16-10-22-53-54-23-11-19-48(60(54)64-59(45)53)41-30-36-44(37-31-41)61(42-32-26-39(27-33-42)46-17-8-20-51-49-14-4-6-24-55(49)62-57(46)51)43-34-28-40(29-35-43)47-18-9-21-52-50-15-5-7-25-56(50)63-58(47)52/h1-6,8-24,26-37H,7,25H2. The van der Waals surface area contributed by atoms with E-state index in [-0.39, 0.29) is 0 Å². The van der Waals surface area contributed by atoms with Crippen molar-refractivity contribution in [1.82, 2.24) is 0 Å². The highest BCUT2D eigenvalue weighted by molar-refractivity contribution is 7.27. The third kappa shape index (κ3) is 6.17. The van der Waals surface area contributed by atoms with Crippen molar-refractivity contribution in [1.29, 1.82) is 0 Å². The molecule has 0 N–H and O–H groups in total. The molecule has 0 unspecified atom stereocenters. The number of allylic oxidation sites excluding steroid dienone is 1. The van der Waals surface area contributed by atoms with Gasteiger partial charge in [0.25, 0.3) is 0 Å². The molecular formula is C60H39NS3. The van der Waals surface area contributed by atoms with Crippen LogP contribution in [0.2, 0.25) is 0 Å². The quantitative estimate of drug-likeness (QED) is 0.154. The zero-order valence-corrected chi connectivity index (χ0v) is 37.2. The molecule has 0 saturated heterocycles. The molecule has 0 saturated carbocycles. The van der Waals surface area contributed by atoms with E-state index in [1.807, 2.05) is 34.0 Å². The molecule has 0 radical (unpaired) electrons. The van der Waals surface area contributed by atoms with Crippen LogP contribution in [0.15, 0.2) is 206 Å². The summed E-state index contributed by atoms with van der Waals surface area (Å²) in [5.74, 6) is 0. The molecule has 9 aromatic carbocycles. The summed E-state index contributed by atoms with van der Waals surface area (Å²) in [6.45, 7) is 0. The van der Waals surface area contributed by atoms with E-state index in [4.69, 9.17) is 0 Å². The van der Waals surface area contributed by atoms with Crippen LogP contribution in [0, 0.1) is 0 Å². The Labute approximate surface area is 384 Å². The van der Waals surface area contributed by atoms with E-state index in [1.165, 1.54) is 105 Å². The molecule has 0 aliphatic heterocycles. The van der Waals surface area contributed by atoms with Gasteiger partial charge in [-0.05, 0) is 105 Å². The average molecular weight is 870 g/mol. The van der Waals surface area contributed by atoms with Gasteiger partial charge in [-0.15, -0.1) is 34.0 Å². The second kappa shape index (κ2) is 15.3. The maximum atomic E-state index is 2.40. The summed E-state index contributed by atoms with van der Waals surface area (Å²) < 4.78 is 6.70. The third-order valence-corrected chi connectivity index (χ3v) is 16.8. The lowest BCUT2D eigenvalue weighted by Crippen LogP contribution is -2.09. The minimum absolute atomic E-state index is 1.12. The van der Waals surface area contributed by atoms with Crippen LogP contribution in [-0.2, 0) is 6.42 Å². The molecule has 3 aromatic heterocycles. The van der Waals surface area contributed by atoms with E-state index >= 15 is 0 Å². The first kappa shape index (κ1) is 37.5. The highest BCUT2D eigenvalue weighted by Crippen LogP contribution is 2.46. The molecule has 12 aromatic rings. The number of rotatable bonds is 7. The Bertz CT molecular complexity index is 3760. The summed E-state index contributed by atoms with van der Waals surface area (Å²) >= 11 is 5.76. The van der Waals surface area contributed by atoms with E-state index < -0.39 is 0 Å². The Morgan fingerprint density at radius 2 is 0.750 bits per heavy atom. The van der Waals surface area contributed by atoms with Crippen LogP contribution in [0.4, 0.5) is 17.1 Å². The first-order valence-corrected chi connectivity index (χ1v) is 24.4. The molecule has 302 valence electrons. The maximum Gasteiger partial charge on any atom is 0.0462 e. The minimum atomic E-state index is 1.12. The second-order valence-electron chi connectivity index (χ2n) is 16.7. The molecule has 0 amide bonds. The van der Waals surface area contributed by atoms with Crippen LogP contribution in [-0.4, -0.2) is 0 Å². The Balaban J connectivity index is 0.905. The fourth-order valence-electron chi connectivity index (χ4n) is 9.88. The van der Waals surface area contributed by atoms with Gasteiger partial charge in [-0.3, -0.25) is 0 Å². The zero-order chi connectivity index (χ0) is 42.1. The molecule has 0 fully saturated rings. The van der Waals surface area contributed by atoms with Crippen LogP contribution in [0.25, 0.3) is 101 Å². The van der Waals surface area contributed by atoms with Crippen molar-refractivity contribution in [3.63, 3.8) is 0 Å². The molecule has 3 heterocycles. The normalized spacial score (nSPS) is 12.5. The van der Waals surface area contributed by atoms with Gasteiger partial charge in [0, 0.05) is 72.4 Å². The lowest BCUT2D eigenvalue weighted by atomic mass is 9.98. The number of fused-ring (bicyclic) bond motifs is 9. The summed E-state index contributed by atoms with van der Waals surface area (Å²) in [4.78, 5) is 3.91. The molecule has 1 aliphatic carbocycles. The van der Waals surface area contributed by atoms with Crippen molar-refractivity contribution in [3.8, 4) is 44.5 Å². The first-order chi connectivity index (χ1) is 31.7. The minimum Gasteiger partial charge on any atom is -0.311 e. The predicted molar refractivity (Wildman–Crippen MR) is 281 cm³/mol. The van der Waals surface area contributed by atoms with Gasteiger partial charge in [0.05, 0.1) is 0 Å². The van der Waals surface area contributed by atoms with E-state index in [9.17, 15) is 0 Å². The van der Waals surface area contributed by atoms with Gasteiger partial charge in [0.1, 0.15) is 0 Å². The number of hydrogen-bond acceptors (Lipinski definition) is 4. The fraction of sp³-hybridized carbons (Fsp3) is 0.0333. The lowest BCUT2D eigenvalue weighted by molar-refractivity contribution is 1.02. The molecule has 4 heteroatoms. The first-order valence-electron chi connectivity index (χ1n) is 22.0. The molecule has 0 atom stereocenters. The smallest absolute Gasteiger partial charge is 0.0462 e. The lowest BCUT2D eigenvalue weighted by Gasteiger charge is -2.26. The highest BCUT2D eigenvalue weighted by Gasteiger charge is 2.19. The van der Waals surface area contributed by atoms with Gasteiger partial charge in [0.15, 0.2) is 0 Å². The van der Waals surface area contributed by atoms with E-state index in [0.29, 0.717) is 0 Å². The summed E-state index contributed by atoms with van der Waals surface area (Å²) in [6, 6.07) is 74.1. The second-order valence-corrected chi connectivity index (χ2v) is 19.8. The maximum absolute atomic E-state index is 2.40. The number of thiophene rings is 3. The van der Waals surface area contributed by atoms with Gasteiger partial charge in [-0.2, -0.15) is 0 Å². The Morgan fingerprint density at radius 1 is 0.328 bits per heavy atom. The van der Waals surface area contributed by atoms with E-state index in [0.717, 1.165) is 29.9 Å². The van der Waals surface area contributed by atoms with Gasteiger partial charge in [-0.25, -0.2) is 0 Å². The topological polar surface area (TPSA) is 3.24 Å². The Hall–Kier alpha value is -7.08. The van der Waals surface area contributed by atoms with Crippen molar-refractivity contribution >= 4 is 108 Å². The Kier molecular flexibility index (Phi) is 8.97. The summed E-state index contributed by atoms with van der Waals surface area (Å²) in [5, 5.41) is 6.64. The van der Waals surface area contributed by atoms with Gasteiger partial charge >= 0.3 is 0 Å². The van der Waals surface area contributed by atoms with E-state index in [2.05, 4.69) is 217 Å². The van der Waals surface area contributed by atoms with Crippen molar-refractivity contribution in [2.24, 2.45) is 0 Å². The van der Waals surface area contributed by atoms with Crippen molar-refractivity contribution < 1.29 is 0 Å². The number of hydrogen-bond donors (Lipinski definition) is 0. The molecule has 13 rings (SSSR count). The van der Waals surface area contributed by atoms with Crippen LogP contribution in [0.3, 0.4) is 0 Å². The SMILES string of the molecule is C1=Cc2c(sc3c(-c4ccc(N(c5ccc(-c6cccc7c6sc6ccccc67)cc5)c5ccc(-c6cccc7c6sc6c(-c8ccccc8)cccc67)cc5)cc4)cccc23)CC1. The zero-order valence-electron chi connectivity index (χ0n) is 34.8. The highest BCUT2D eigenvalue weighted by atomic mass is 32.1. The van der Waals surface area contributed by atoms with Crippen LogP contribution >= 0.6 is 34.0 Å². The molecule has 1 nitrogen and oxygen atoms in total. The predicted octanol–water partition coefficient (Wildman–Crippen LogP) is 18.7. The molecule has 64 heavy (non-hydrogen) atoms. The van der Waals surface area contributed by atoms with Crippen LogP contribution in [0.5, 0.6) is 0 Å². The molecule has 1 aliphatic rings. The van der Waals surface area contributed by atoms with Crippen LogP contribution in [0.1, 0.15) is 16.9 Å². The van der Waals surface area contributed by atoms with Crippen molar-refractivity contribution in [2.75, 3.05) is 4.90 Å². The van der Waals surface area contributed by atoms with Crippen molar-refractivity contribution in [3.05, 3.63) is 217 Å². The molecule has 0 bridgehead atoms.